The minimum Gasteiger partial charge on any atom is -1.00 e. The van der Waals surface area contributed by atoms with E-state index in [9.17, 15) is 10.2 Å². The summed E-state index contributed by atoms with van der Waals surface area (Å²) >= 11 is 0. The van der Waals surface area contributed by atoms with Gasteiger partial charge in [0.2, 0.25) is 0 Å². The average Bonchev–Trinajstić information content (AvgIpc) is 2.45. The van der Waals surface area contributed by atoms with Crippen molar-refractivity contribution in [1.29, 1.82) is 0 Å². The van der Waals surface area contributed by atoms with Crippen molar-refractivity contribution in [2.75, 3.05) is 13.1 Å². The molecule has 20 heavy (non-hydrogen) atoms. The number of hydrogen-bond donors (Lipinski definition) is 4. The van der Waals surface area contributed by atoms with Crippen LogP contribution in [0, 0.1) is 6.92 Å². The van der Waals surface area contributed by atoms with Gasteiger partial charge in [0.1, 0.15) is 5.75 Å². The maximum Gasteiger partial charge on any atom is 0.173 e. The Balaban J connectivity index is 0.00000200. The van der Waals surface area contributed by atoms with Crippen LogP contribution in [-0.2, 0) is 6.61 Å². The lowest BCUT2D eigenvalue weighted by Crippen LogP contribution is -3.00. The zero-order chi connectivity index (χ0) is 13.7. The fourth-order valence-electron chi connectivity index (χ4n) is 2.34. The highest BCUT2D eigenvalue weighted by Gasteiger charge is 2.15. The van der Waals surface area contributed by atoms with Gasteiger partial charge in [-0.05, 0) is 26.3 Å². The molecule has 0 amide bonds. The highest BCUT2D eigenvalue weighted by molar-refractivity contribution is 5.81. The molecule has 1 fully saturated rings. The lowest BCUT2D eigenvalue weighted by Gasteiger charge is -2.19. The van der Waals surface area contributed by atoms with Gasteiger partial charge in [0.15, 0.2) is 12.8 Å². The van der Waals surface area contributed by atoms with Crippen molar-refractivity contribution >= 4 is 6.21 Å². The van der Waals surface area contributed by atoms with Crippen LogP contribution in [0.15, 0.2) is 6.20 Å². The second-order valence-corrected chi connectivity index (χ2v) is 4.99. The third-order valence-electron chi connectivity index (χ3n) is 3.55. The van der Waals surface area contributed by atoms with E-state index in [0.29, 0.717) is 22.9 Å². The van der Waals surface area contributed by atoms with Crippen LogP contribution in [0.1, 0.15) is 36.1 Å². The molecule has 1 aliphatic heterocycles. The van der Waals surface area contributed by atoms with Crippen molar-refractivity contribution in [2.45, 2.75) is 38.8 Å². The van der Waals surface area contributed by atoms with E-state index >= 15 is 0 Å². The fourth-order valence-corrected chi connectivity index (χ4v) is 2.34. The molecule has 1 aliphatic rings. The van der Waals surface area contributed by atoms with E-state index in [-0.39, 0.29) is 24.8 Å². The Morgan fingerprint density at radius 3 is 2.95 bits per heavy atom. The first-order valence-corrected chi connectivity index (χ1v) is 6.80. The number of hydrogen-bond acceptors (Lipinski definition) is 4. The second kappa shape index (κ2) is 8.19. The van der Waals surface area contributed by atoms with Gasteiger partial charge in [-0.1, -0.05) is 6.42 Å². The van der Waals surface area contributed by atoms with E-state index in [4.69, 9.17) is 0 Å². The molecule has 1 atom stereocenters. The molecule has 112 valence electrons. The van der Waals surface area contributed by atoms with Crippen molar-refractivity contribution in [1.82, 2.24) is 10.3 Å². The monoisotopic (exact) mass is 299 g/mol. The van der Waals surface area contributed by atoms with Crippen molar-refractivity contribution in [2.24, 2.45) is 0 Å². The number of aliphatic hydroxyl groups is 1. The van der Waals surface area contributed by atoms with Gasteiger partial charge < -0.3 is 27.9 Å². The number of aryl methyl sites for hydroxylation is 1. The van der Waals surface area contributed by atoms with Crippen LogP contribution in [-0.4, -0.2) is 40.5 Å². The summed E-state index contributed by atoms with van der Waals surface area (Å²) in [5.74, 6) is 0.135. The fraction of sp³-hybridized carbons (Fsp3) is 0.571. The molecule has 1 unspecified atom stereocenters. The Kier molecular flexibility index (Phi) is 6.91. The Bertz CT molecular complexity index is 460. The predicted molar refractivity (Wildman–Crippen MR) is 73.2 cm³/mol. The summed E-state index contributed by atoms with van der Waals surface area (Å²) in [4.78, 5) is 7.27. The zero-order valence-electron chi connectivity index (χ0n) is 11.7. The lowest BCUT2D eigenvalue weighted by molar-refractivity contribution is -0.456. The molecule has 2 heterocycles. The third kappa shape index (κ3) is 4.16. The number of aromatic nitrogens is 1. The van der Waals surface area contributed by atoms with Gasteiger partial charge in [-0.3, -0.25) is 4.98 Å². The van der Waals surface area contributed by atoms with Crippen LogP contribution in [0.25, 0.3) is 0 Å². The van der Waals surface area contributed by atoms with Gasteiger partial charge in [-0.15, -0.1) is 0 Å². The van der Waals surface area contributed by atoms with E-state index in [2.05, 4.69) is 15.3 Å². The Hall–Kier alpha value is -1.17. The van der Waals surface area contributed by atoms with Gasteiger partial charge >= 0.3 is 0 Å². The number of piperidine rings is 1. The number of rotatable bonds is 4. The molecule has 1 saturated heterocycles. The van der Waals surface area contributed by atoms with Crippen molar-refractivity contribution in [3.8, 4) is 5.75 Å². The number of nitrogens with zero attached hydrogens (tertiary/aromatic N) is 1. The molecule has 4 N–H and O–H groups in total. The summed E-state index contributed by atoms with van der Waals surface area (Å²) in [7, 11) is 0. The number of nitrogens with one attached hydrogen (secondary N) is 2. The Morgan fingerprint density at radius 1 is 1.50 bits per heavy atom. The molecule has 5 nitrogen and oxygen atoms in total. The number of halogens is 1. The molecule has 2 rings (SSSR count). The molecule has 0 spiro atoms. The van der Waals surface area contributed by atoms with Crippen molar-refractivity contribution in [3.05, 3.63) is 23.0 Å². The van der Waals surface area contributed by atoms with Crippen LogP contribution in [0.4, 0.5) is 0 Å². The molecule has 6 heteroatoms. The van der Waals surface area contributed by atoms with E-state index < -0.39 is 0 Å². The second-order valence-electron chi connectivity index (χ2n) is 4.99. The molecule has 1 aromatic heterocycles. The van der Waals surface area contributed by atoms with E-state index in [1.807, 2.05) is 0 Å². The normalized spacial score (nSPS) is 19.0. The largest absolute Gasteiger partial charge is 1.00 e. The summed E-state index contributed by atoms with van der Waals surface area (Å²) < 4.78 is 0. The topological polar surface area (TPSA) is 79.4 Å². The lowest BCUT2D eigenvalue weighted by atomic mass is 10.1. The van der Waals surface area contributed by atoms with Crippen LogP contribution in [0.3, 0.4) is 0 Å². The van der Waals surface area contributed by atoms with Crippen LogP contribution >= 0.6 is 0 Å². The van der Waals surface area contributed by atoms with Gasteiger partial charge in [0.05, 0.1) is 23.9 Å². The minimum atomic E-state index is -0.129. The quantitative estimate of drug-likeness (QED) is 0.431. The van der Waals surface area contributed by atoms with E-state index in [1.54, 1.807) is 19.3 Å². The van der Waals surface area contributed by atoms with Gasteiger partial charge in [-0.2, -0.15) is 0 Å². The zero-order valence-corrected chi connectivity index (χ0v) is 12.5. The number of aromatic hydroxyl groups is 1. The maximum absolute atomic E-state index is 9.99. The molecule has 0 aromatic carbocycles. The average molecular weight is 300 g/mol. The molecule has 0 saturated carbocycles. The van der Waals surface area contributed by atoms with Crippen LogP contribution in [0.2, 0.25) is 0 Å². The maximum atomic E-state index is 9.99. The Labute approximate surface area is 125 Å². The molecule has 0 bridgehead atoms. The van der Waals surface area contributed by atoms with E-state index in [0.717, 1.165) is 13.1 Å². The molecular formula is C14H22ClN3O2. The Morgan fingerprint density at radius 2 is 2.30 bits per heavy atom. The van der Waals surface area contributed by atoms with E-state index in [1.165, 1.54) is 19.3 Å². The number of pyridine rings is 1. The highest BCUT2D eigenvalue weighted by Crippen LogP contribution is 2.20. The predicted octanol–water partition coefficient (Wildman–Crippen LogP) is -3.77. The third-order valence-corrected chi connectivity index (χ3v) is 3.55. The molecule has 0 aliphatic carbocycles. The number of aliphatic hydroxyl groups excluding tert-OH is 1. The summed E-state index contributed by atoms with van der Waals surface area (Å²) in [6.07, 6.45) is 7.06. The molecule has 0 radical (unpaired) electrons. The van der Waals surface area contributed by atoms with Gasteiger partial charge in [0, 0.05) is 11.8 Å². The summed E-state index contributed by atoms with van der Waals surface area (Å²) in [6.45, 7) is 3.52. The first-order valence-electron chi connectivity index (χ1n) is 6.80. The van der Waals surface area contributed by atoms with Crippen LogP contribution in [0.5, 0.6) is 5.75 Å². The smallest absolute Gasteiger partial charge is 0.173 e. The molecular weight excluding hydrogens is 278 g/mol. The van der Waals surface area contributed by atoms with Crippen molar-refractivity contribution < 1.29 is 27.6 Å². The molecule has 1 aromatic rings. The SMILES string of the molecule is Cc1ncc(CO)c(C=[NH+]CC2CCCCN2)c1O.[Cl-]. The first kappa shape index (κ1) is 16.9. The summed E-state index contributed by atoms with van der Waals surface area (Å²) in [5, 5.41) is 22.7. The van der Waals surface area contributed by atoms with Crippen LogP contribution < -0.4 is 22.7 Å². The first-order chi connectivity index (χ1) is 9.22. The van der Waals surface area contributed by atoms with Gasteiger partial charge in [0.25, 0.3) is 0 Å². The highest BCUT2D eigenvalue weighted by atomic mass is 35.5. The van der Waals surface area contributed by atoms with Crippen molar-refractivity contribution in [3.63, 3.8) is 0 Å². The van der Waals surface area contributed by atoms with Gasteiger partial charge in [-0.25, -0.2) is 4.99 Å². The summed E-state index contributed by atoms with van der Waals surface area (Å²) in [6, 6.07) is 0.479. The standard InChI is InChI=1S/C14H21N3O2.ClH/c1-10-14(19)13(11(9-18)6-17-10)8-15-7-12-4-2-3-5-16-12;/h6,8,12,16,18-19H,2-5,7,9H2,1H3;1H. The minimum absolute atomic E-state index is 0. The summed E-state index contributed by atoms with van der Waals surface area (Å²) in [5.41, 5.74) is 1.83.